The number of hydrogen-bond acceptors (Lipinski definition) is 3. The second kappa shape index (κ2) is 6.38. The van der Waals surface area contributed by atoms with Gasteiger partial charge in [0.25, 0.3) is 0 Å². The Morgan fingerprint density at radius 2 is 1.72 bits per heavy atom. The fourth-order valence-electron chi connectivity index (χ4n) is 3.01. The van der Waals surface area contributed by atoms with E-state index in [2.05, 4.69) is 5.32 Å². The molecule has 2 saturated carbocycles. The standard InChI is InChI=1S/C14H27NO2S/c1-2-18(16,17)10-9-12-5-3-4-6-13(12)11-15-14-7-8-14/h12-15H,2-11H2,1H3. The fourth-order valence-corrected chi connectivity index (χ4v) is 3.96. The van der Waals surface area contributed by atoms with Gasteiger partial charge in [0.2, 0.25) is 0 Å². The summed E-state index contributed by atoms with van der Waals surface area (Å²) in [5, 5.41) is 3.62. The molecule has 0 aliphatic heterocycles. The zero-order valence-corrected chi connectivity index (χ0v) is 12.3. The third-order valence-corrected chi connectivity index (χ3v) is 6.29. The SMILES string of the molecule is CCS(=O)(=O)CCC1CCCCC1CNC1CC1. The maximum Gasteiger partial charge on any atom is 0.150 e. The van der Waals surface area contributed by atoms with Crippen molar-refractivity contribution in [3.63, 3.8) is 0 Å². The molecule has 2 rings (SSSR count). The van der Waals surface area contributed by atoms with E-state index in [9.17, 15) is 8.42 Å². The van der Waals surface area contributed by atoms with Crippen molar-refractivity contribution in [3.05, 3.63) is 0 Å². The fraction of sp³-hybridized carbons (Fsp3) is 1.00. The quantitative estimate of drug-likeness (QED) is 0.774. The summed E-state index contributed by atoms with van der Waals surface area (Å²) >= 11 is 0. The highest BCUT2D eigenvalue weighted by atomic mass is 32.2. The maximum absolute atomic E-state index is 11.6. The van der Waals surface area contributed by atoms with E-state index in [4.69, 9.17) is 0 Å². The molecule has 2 aliphatic rings. The molecule has 2 atom stereocenters. The predicted molar refractivity (Wildman–Crippen MR) is 75.4 cm³/mol. The molecule has 0 aromatic rings. The molecule has 0 amide bonds. The minimum absolute atomic E-state index is 0.296. The third kappa shape index (κ3) is 4.54. The van der Waals surface area contributed by atoms with Gasteiger partial charge < -0.3 is 5.32 Å². The topological polar surface area (TPSA) is 46.2 Å². The summed E-state index contributed by atoms with van der Waals surface area (Å²) in [6.07, 6.45) is 8.69. The lowest BCUT2D eigenvalue weighted by molar-refractivity contribution is 0.224. The maximum atomic E-state index is 11.6. The predicted octanol–water partition coefficient (Wildman–Crippen LogP) is 2.37. The molecule has 0 aromatic carbocycles. The van der Waals surface area contributed by atoms with Crippen LogP contribution in [-0.4, -0.2) is 32.5 Å². The van der Waals surface area contributed by atoms with Crippen LogP contribution in [-0.2, 0) is 9.84 Å². The van der Waals surface area contributed by atoms with E-state index in [1.54, 1.807) is 6.92 Å². The van der Waals surface area contributed by atoms with Gasteiger partial charge in [0, 0.05) is 11.8 Å². The van der Waals surface area contributed by atoms with Crippen LogP contribution in [0.1, 0.15) is 51.9 Å². The van der Waals surface area contributed by atoms with Gasteiger partial charge in [-0.15, -0.1) is 0 Å². The van der Waals surface area contributed by atoms with E-state index in [0.29, 0.717) is 23.3 Å². The highest BCUT2D eigenvalue weighted by molar-refractivity contribution is 7.91. The highest BCUT2D eigenvalue weighted by Gasteiger charge is 2.28. The summed E-state index contributed by atoms with van der Waals surface area (Å²) in [5.74, 6) is 2.04. The molecule has 18 heavy (non-hydrogen) atoms. The number of nitrogens with one attached hydrogen (secondary N) is 1. The summed E-state index contributed by atoms with van der Waals surface area (Å²) in [7, 11) is -2.78. The number of hydrogen-bond donors (Lipinski definition) is 1. The van der Waals surface area contributed by atoms with Gasteiger partial charge in [0.1, 0.15) is 9.84 Å². The number of sulfone groups is 1. The monoisotopic (exact) mass is 273 g/mol. The van der Waals surface area contributed by atoms with Gasteiger partial charge in [0.05, 0.1) is 5.75 Å². The summed E-state index contributed by atoms with van der Waals surface area (Å²) in [4.78, 5) is 0. The Morgan fingerprint density at radius 1 is 1.06 bits per heavy atom. The molecular weight excluding hydrogens is 246 g/mol. The molecule has 0 heterocycles. The average Bonchev–Trinajstić information content (AvgIpc) is 3.19. The van der Waals surface area contributed by atoms with E-state index < -0.39 is 9.84 Å². The zero-order chi connectivity index (χ0) is 13.0. The van der Waals surface area contributed by atoms with Gasteiger partial charge in [-0.25, -0.2) is 8.42 Å². The highest BCUT2D eigenvalue weighted by Crippen LogP contribution is 2.33. The van der Waals surface area contributed by atoms with Crippen molar-refractivity contribution in [2.75, 3.05) is 18.1 Å². The van der Waals surface area contributed by atoms with Crippen molar-refractivity contribution in [2.24, 2.45) is 11.8 Å². The van der Waals surface area contributed by atoms with E-state index in [1.165, 1.54) is 38.5 Å². The van der Waals surface area contributed by atoms with Crippen LogP contribution in [0.2, 0.25) is 0 Å². The second-order valence-electron chi connectivity index (χ2n) is 6.01. The van der Waals surface area contributed by atoms with Gasteiger partial charge in [-0.2, -0.15) is 0 Å². The van der Waals surface area contributed by atoms with Crippen LogP contribution < -0.4 is 5.32 Å². The molecule has 0 spiro atoms. The van der Waals surface area contributed by atoms with Gasteiger partial charge in [-0.3, -0.25) is 0 Å². The van der Waals surface area contributed by atoms with Crippen molar-refractivity contribution in [1.82, 2.24) is 5.32 Å². The first-order chi connectivity index (χ1) is 8.61. The molecule has 1 N–H and O–H groups in total. The average molecular weight is 273 g/mol. The van der Waals surface area contributed by atoms with Crippen LogP contribution in [0.4, 0.5) is 0 Å². The lowest BCUT2D eigenvalue weighted by Gasteiger charge is -2.31. The molecule has 0 aromatic heterocycles. The van der Waals surface area contributed by atoms with E-state index in [0.717, 1.165) is 19.0 Å². The van der Waals surface area contributed by atoms with Gasteiger partial charge in [-0.1, -0.05) is 26.2 Å². The third-order valence-electron chi connectivity index (χ3n) is 4.55. The van der Waals surface area contributed by atoms with Crippen LogP contribution in [0.3, 0.4) is 0 Å². The van der Waals surface area contributed by atoms with Gasteiger partial charge >= 0.3 is 0 Å². The smallest absolute Gasteiger partial charge is 0.150 e. The summed E-state index contributed by atoms with van der Waals surface area (Å²) in [6, 6.07) is 0.770. The molecule has 0 bridgehead atoms. The van der Waals surface area contributed by atoms with Gasteiger partial charge in [-0.05, 0) is 44.1 Å². The van der Waals surface area contributed by atoms with Crippen LogP contribution in [0.15, 0.2) is 0 Å². The Kier molecular flexibility index (Phi) is 5.07. The zero-order valence-electron chi connectivity index (χ0n) is 11.5. The summed E-state index contributed by atoms with van der Waals surface area (Å²) in [6.45, 7) is 2.86. The molecule has 0 radical (unpaired) electrons. The van der Waals surface area contributed by atoms with Crippen LogP contribution in [0, 0.1) is 11.8 Å². The normalized spacial score (nSPS) is 29.4. The van der Waals surface area contributed by atoms with Crippen molar-refractivity contribution < 1.29 is 8.42 Å². The summed E-state index contributed by atoms with van der Waals surface area (Å²) < 4.78 is 23.2. The molecular formula is C14H27NO2S. The Labute approximate surface area is 112 Å². The lowest BCUT2D eigenvalue weighted by Crippen LogP contribution is -2.32. The van der Waals surface area contributed by atoms with E-state index >= 15 is 0 Å². The minimum Gasteiger partial charge on any atom is -0.314 e. The van der Waals surface area contributed by atoms with E-state index in [-0.39, 0.29) is 0 Å². The Hall–Kier alpha value is -0.0900. The second-order valence-corrected chi connectivity index (χ2v) is 8.48. The molecule has 2 fully saturated rings. The molecule has 3 nitrogen and oxygen atoms in total. The Bertz CT molecular complexity index is 349. The Balaban J connectivity index is 1.78. The molecule has 0 saturated heterocycles. The largest absolute Gasteiger partial charge is 0.314 e. The van der Waals surface area contributed by atoms with Crippen LogP contribution in [0.5, 0.6) is 0 Å². The minimum atomic E-state index is -2.78. The first-order valence-electron chi connectivity index (χ1n) is 7.54. The first kappa shape index (κ1) is 14.3. The van der Waals surface area contributed by atoms with Crippen molar-refractivity contribution in [1.29, 1.82) is 0 Å². The molecule has 106 valence electrons. The molecule has 2 aliphatic carbocycles. The van der Waals surface area contributed by atoms with Crippen LogP contribution in [0.25, 0.3) is 0 Å². The lowest BCUT2D eigenvalue weighted by atomic mass is 9.78. The van der Waals surface area contributed by atoms with Gasteiger partial charge in [0.15, 0.2) is 0 Å². The number of rotatable bonds is 7. The molecule has 4 heteroatoms. The summed E-state index contributed by atoms with van der Waals surface area (Å²) in [5.41, 5.74) is 0. The molecule has 2 unspecified atom stereocenters. The first-order valence-corrected chi connectivity index (χ1v) is 9.36. The van der Waals surface area contributed by atoms with Crippen molar-refractivity contribution in [3.8, 4) is 0 Å². The van der Waals surface area contributed by atoms with E-state index in [1.807, 2.05) is 0 Å². The Morgan fingerprint density at radius 3 is 2.33 bits per heavy atom. The van der Waals surface area contributed by atoms with Crippen molar-refractivity contribution >= 4 is 9.84 Å². The van der Waals surface area contributed by atoms with Crippen molar-refractivity contribution in [2.45, 2.75) is 57.9 Å². The van der Waals surface area contributed by atoms with Crippen LogP contribution >= 0.6 is 0 Å².